The second-order valence-corrected chi connectivity index (χ2v) is 9.17. The maximum Gasteiger partial charge on any atom is 0.241 e. The molecule has 26 heavy (non-hydrogen) atoms. The molecular weight excluding hydrogens is 348 g/mol. The van der Waals surface area contributed by atoms with Crippen LogP contribution < -0.4 is 4.90 Å². The Morgan fingerprint density at radius 2 is 1.50 bits per heavy atom. The second kappa shape index (κ2) is 6.85. The van der Waals surface area contributed by atoms with Crippen LogP contribution >= 0.6 is 0 Å². The molecule has 6 heteroatoms. The number of benzene rings is 2. The molecule has 0 unspecified atom stereocenters. The van der Waals surface area contributed by atoms with Crippen LogP contribution in [0.3, 0.4) is 0 Å². The fraction of sp³-hybridized carbons (Fsp3) is 0.350. The second-order valence-electron chi connectivity index (χ2n) is 7.02. The van der Waals surface area contributed by atoms with Gasteiger partial charge >= 0.3 is 0 Å². The average Bonchev–Trinajstić information content (AvgIpc) is 2.96. The number of carbonyl (C=O) groups excluding carboxylic acids is 1. The summed E-state index contributed by atoms with van der Waals surface area (Å²) in [6, 6.07) is 19.0. The van der Waals surface area contributed by atoms with Crippen LogP contribution in [-0.2, 0) is 21.1 Å². The zero-order valence-corrected chi connectivity index (χ0v) is 15.3. The van der Waals surface area contributed by atoms with Gasteiger partial charge in [-0.15, -0.1) is 0 Å². The van der Waals surface area contributed by atoms with E-state index >= 15 is 0 Å². The summed E-state index contributed by atoms with van der Waals surface area (Å²) >= 11 is 0. The highest BCUT2D eigenvalue weighted by molar-refractivity contribution is 7.91. The van der Waals surface area contributed by atoms with E-state index in [2.05, 4.69) is 17.0 Å². The van der Waals surface area contributed by atoms with Crippen LogP contribution in [-0.4, -0.2) is 55.9 Å². The quantitative estimate of drug-likeness (QED) is 0.823. The van der Waals surface area contributed by atoms with Gasteiger partial charge in [0.2, 0.25) is 5.91 Å². The number of nitrogens with zero attached hydrogens (tertiary/aromatic N) is 2. The van der Waals surface area contributed by atoms with Crippen LogP contribution in [0.25, 0.3) is 0 Å². The summed E-state index contributed by atoms with van der Waals surface area (Å²) in [5.41, 5.74) is 1.98. The summed E-state index contributed by atoms with van der Waals surface area (Å²) in [4.78, 5) is 16.6. The third-order valence-electron chi connectivity index (χ3n) is 5.27. The van der Waals surface area contributed by atoms with E-state index in [1.807, 2.05) is 48.5 Å². The molecule has 5 nitrogen and oxygen atoms in total. The summed E-state index contributed by atoms with van der Waals surface area (Å²) in [6.07, 6.45) is 0.808. The molecule has 0 bridgehead atoms. The van der Waals surface area contributed by atoms with Crippen LogP contribution in [0.15, 0.2) is 60.7 Å². The number of sulfone groups is 1. The minimum Gasteiger partial charge on any atom is -0.306 e. The zero-order chi connectivity index (χ0) is 18.1. The van der Waals surface area contributed by atoms with Crippen LogP contribution in [0, 0.1) is 0 Å². The van der Waals surface area contributed by atoms with Crippen molar-refractivity contribution in [2.45, 2.75) is 18.5 Å². The van der Waals surface area contributed by atoms with Crippen molar-refractivity contribution in [1.29, 1.82) is 0 Å². The number of piperazine rings is 1. The van der Waals surface area contributed by atoms with Crippen molar-refractivity contribution in [2.24, 2.45) is 0 Å². The first-order valence-corrected chi connectivity index (χ1v) is 10.7. The first kappa shape index (κ1) is 17.2. The molecule has 0 N–H and O–H groups in total. The molecule has 1 amide bonds. The normalized spacial score (nSPS) is 25.2. The summed E-state index contributed by atoms with van der Waals surface area (Å²) in [5, 5.41) is 0. The molecule has 0 saturated carbocycles. The van der Waals surface area contributed by atoms with Crippen molar-refractivity contribution < 1.29 is 13.2 Å². The van der Waals surface area contributed by atoms with E-state index in [0.717, 1.165) is 12.1 Å². The van der Waals surface area contributed by atoms with Crippen molar-refractivity contribution in [2.75, 3.05) is 29.5 Å². The van der Waals surface area contributed by atoms with Gasteiger partial charge in [-0.05, 0) is 24.1 Å². The predicted octanol–water partition coefficient (Wildman–Crippen LogP) is 1.74. The van der Waals surface area contributed by atoms with E-state index in [0.29, 0.717) is 6.54 Å². The average molecular weight is 370 g/mol. The molecule has 2 aliphatic rings. The number of fused-ring (bicyclic) bond motifs is 1. The van der Waals surface area contributed by atoms with Gasteiger partial charge in [0.05, 0.1) is 24.1 Å². The van der Waals surface area contributed by atoms with E-state index < -0.39 is 9.84 Å². The van der Waals surface area contributed by atoms with Gasteiger partial charge in [-0.1, -0.05) is 48.5 Å². The van der Waals surface area contributed by atoms with Gasteiger partial charge in [0, 0.05) is 18.3 Å². The monoisotopic (exact) mass is 370 g/mol. The van der Waals surface area contributed by atoms with Gasteiger partial charge < -0.3 is 4.90 Å². The van der Waals surface area contributed by atoms with E-state index in [1.165, 1.54) is 5.56 Å². The van der Waals surface area contributed by atoms with Crippen molar-refractivity contribution in [3.05, 3.63) is 66.2 Å². The molecule has 136 valence electrons. The van der Waals surface area contributed by atoms with Crippen molar-refractivity contribution in [1.82, 2.24) is 4.90 Å². The minimum absolute atomic E-state index is 0.0254. The molecule has 0 aliphatic carbocycles. The molecule has 0 radical (unpaired) electrons. The standard InChI is InChI=1S/C20H22N2O3S/c23-20-13-21(12-11-16-7-3-1-4-8-16)18-14-26(24,25)15-19(18)22(20)17-9-5-2-6-10-17/h1-10,18-19H,11-15H2/t18-,19-/m1/s1. The number of hydrogen-bond acceptors (Lipinski definition) is 4. The van der Waals surface area contributed by atoms with E-state index in [9.17, 15) is 13.2 Å². The maximum atomic E-state index is 12.9. The topological polar surface area (TPSA) is 57.7 Å². The Hall–Kier alpha value is -2.18. The molecule has 2 saturated heterocycles. The Balaban J connectivity index is 1.59. The van der Waals surface area contributed by atoms with Gasteiger partial charge in [0.25, 0.3) is 0 Å². The van der Waals surface area contributed by atoms with Crippen molar-refractivity contribution >= 4 is 21.4 Å². The van der Waals surface area contributed by atoms with Gasteiger partial charge in [0.15, 0.2) is 9.84 Å². The third kappa shape index (κ3) is 3.39. The van der Waals surface area contributed by atoms with Crippen molar-refractivity contribution in [3.63, 3.8) is 0 Å². The third-order valence-corrected chi connectivity index (χ3v) is 6.96. The first-order chi connectivity index (χ1) is 12.5. The molecule has 2 heterocycles. The Morgan fingerprint density at radius 3 is 2.19 bits per heavy atom. The fourth-order valence-corrected chi connectivity index (χ4v) is 6.03. The molecule has 2 aromatic rings. The molecule has 2 aliphatic heterocycles. The van der Waals surface area contributed by atoms with Gasteiger partial charge in [-0.2, -0.15) is 0 Å². The summed E-state index contributed by atoms with van der Waals surface area (Å²) in [7, 11) is -3.14. The Bertz CT molecular complexity index is 884. The zero-order valence-electron chi connectivity index (χ0n) is 14.5. The lowest BCUT2D eigenvalue weighted by atomic mass is 10.0. The lowest BCUT2D eigenvalue weighted by Gasteiger charge is -2.43. The Morgan fingerprint density at radius 1 is 0.885 bits per heavy atom. The fourth-order valence-electron chi connectivity index (χ4n) is 4.04. The summed E-state index contributed by atoms with van der Waals surface area (Å²) in [6.45, 7) is 0.952. The molecular formula is C20H22N2O3S. The first-order valence-electron chi connectivity index (χ1n) is 8.89. The summed E-state index contributed by atoms with van der Waals surface area (Å²) < 4.78 is 24.7. The van der Waals surface area contributed by atoms with Gasteiger partial charge in [0.1, 0.15) is 0 Å². The van der Waals surface area contributed by atoms with Gasteiger partial charge in [-0.3, -0.25) is 9.69 Å². The van der Waals surface area contributed by atoms with Crippen LogP contribution in [0.4, 0.5) is 5.69 Å². The van der Waals surface area contributed by atoms with Crippen molar-refractivity contribution in [3.8, 4) is 0 Å². The molecule has 0 spiro atoms. The van der Waals surface area contributed by atoms with E-state index in [4.69, 9.17) is 0 Å². The SMILES string of the molecule is O=C1CN(CCc2ccccc2)[C@@H]2CS(=O)(=O)C[C@H]2N1c1ccccc1. The highest BCUT2D eigenvalue weighted by atomic mass is 32.2. The highest BCUT2D eigenvalue weighted by Gasteiger charge is 2.49. The largest absolute Gasteiger partial charge is 0.306 e. The predicted molar refractivity (Wildman–Crippen MR) is 102 cm³/mol. The molecule has 2 atom stereocenters. The summed E-state index contributed by atoms with van der Waals surface area (Å²) in [5.74, 6) is 0.144. The van der Waals surface area contributed by atoms with Crippen LogP contribution in [0.5, 0.6) is 0 Å². The number of para-hydroxylation sites is 1. The van der Waals surface area contributed by atoms with Crippen LogP contribution in [0.1, 0.15) is 5.56 Å². The number of carbonyl (C=O) groups is 1. The lowest BCUT2D eigenvalue weighted by molar-refractivity contribution is -0.123. The Labute approximate surface area is 154 Å². The number of rotatable bonds is 4. The molecule has 2 aromatic carbocycles. The van der Waals surface area contributed by atoms with E-state index in [1.54, 1.807) is 4.90 Å². The molecule has 4 rings (SSSR count). The Kier molecular flexibility index (Phi) is 4.54. The lowest BCUT2D eigenvalue weighted by Crippen LogP contribution is -2.62. The number of anilines is 1. The molecule has 2 fully saturated rings. The maximum absolute atomic E-state index is 12.9. The molecule has 0 aromatic heterocycles. The van der Waals surface area contributed by atoms with Crippen LogP contribution in [0.2, 0.25) is 0 Å². The van der Waals surface area contributed by atoms with E-state index in [-0.39, 0.29) is 36.0 Å². The number of amides is 1. The number of hydrogen-bond donors (Lipinski definition) is 0. The smallest absolute Gasteiger partial charge is 0.241 e. The van der Waals surface area contributed by atoms with Gasteiger partial charge in [-0.25, -0.2) is 8.42 Å². The highest BCUT2D eigenvalue weighted by Crippen LogP contribution is 2.31. The minimum atomic E-state index is -3.14.